The van der Waals surface area contributed by atoms with Crippen molar-refractivity contribution < 1.29 is 0 Å². The number of hydrogen-bond acceptors (Lipinski definition) is 2. The summed E-state index contributed by atoms with van der Waals surface area (Å²) in [5, 5.41) is 8.11. The fourth-order valence-electron chi connectivity index (χ4n) is 2.44. The predicted molar refractivity (Wildman–Crippen MR) is 86.7 cm³/mol. The second-order valence-electron chi connectivity index (χ2n) is 5.14. The van der Waals surface area contributed by atoms with E-state index >= 15 is 0 Å². The number of nitrogens with zero attached hydrogens (tertiary/aromatic N) is 2. The molecular weight excluding hydrogens is 314 g/mol. The fourth-order valence-corrected chi connectivity index (χ4v) is 3.20. The van der Waals surface area contributed by atoms with Crippen molar-refractivity contribution in [3.05, 3.63) is 51.3 Å². The third-order valence-electron chi connectivity index (χ3n) is 3.73. The van der Waals surface area contributed by atoms with E-state index in [-0.39, 0.29) is 0 Å². The van der Waals surface area contributed by atoms with Gasteiger partial charge in [-0.25, -0.2) is 0 Å². The van der Waals surface area contributed by atoms with Gasteiger partial charge in [-0.05, 0) is 47.3 Å². The molecule has 2 rings (SSSR count). The zero-order chi connectivity index (χ0) is 14.7. The van der Waals surface area contributed by atoms with Gasteiger partial charge in [0.1, 0.15) is 0 Å². The molecule has 2 aromatic rings. The first kappa shape index (κ1) is 15.3. The summed E-state index contributed by atoms with van der Waals surface area (Å²) in [7, 11) is 2.00. The summed E-state index contributed by atoms with van der Waals surface area (Å²) in [5.74, 6) is 0. The summed E-state index contributed by atoms with van der Waals surface area (Å²) in [4.78, 5) is 0. The molecule has 20 heavy (non-hydrogen) atoms. The fraction of sp³-hybridized carbons (Fsp3) is 0.438. The van der Waals surface area contributed by atoms with E-state index in [0.29, 0.717) is 6.04 Å². The highest BCUT2D eigenvalue weighted by Crippen LogP contribution is 2.23. The Morgan fingerprint density at radius 2 is 2.05 bits per heavy atom. The van der Waals surface area contributed by atoms with Crippen LogP contribution in [0, 0.1) is 6.92 Å². The molecule has 108 valence electrons. The third kappa shape index (κ3) is 3.13. The maximum absolute atomic E-state index is 4.53. The molecular formula is C16H22BrN3. The van der Waals surface area contributed by atoms with E-state index in [1.807, 2.05) is 11.7 Å². The molecule has 3 nitrogen and oxygen atoms in total. The molecule has 1 heterocycles. The van der Waals surface area contributed by atoms with Gasteiger partial charge in [0.2, 0.25) is 0 Å². The van der Waals surface area contributed by atoms with Crippen molar-refractivity contribution in [1.29, 1.82) is 0 Å². The lowest BCUT2D eigenvalue weighted by molar-refractivity contribution is 0.545. The molecule has 1 aromatic heterocycles. The Bertz CT molecular complexity index is 589. The first-order valence-corrected chi connectivity index (χ1v) is 7.83. The highest BCUT2D eigenvalue weighted by molar-refractivity contribution is 9.10. The minimum Gasteiger partial charge on any atom is -0.305 e. The van der Waals surface area contributed by atoms with Crippen molar-refractivity contribution in [1.82, 2.24) is 15.1 Å². The third-order valence-corrected chi connectivity index (χ3v) is 4.65. The Morgan fingerprint density at radius 1 is 1.35 bits per heavy atom. The molecule has 0 aliphatic carbocycles. The second-order valence-corrected chi connectivity index (χ2v) is 5.94. The molecule has 1 aromatic carbocycles. The SMILES string of the molecule is CCc1nn(C)c(CN[C@@H](C)c2ccccc2C)c1Br. The maximum atomic E-state index is 4.53. The molecule has 0 spiro atoms. The molecule has 0 bridgehead atoms. The molecule has 0 aliphatic rings. The number of nitrogens with one attached hydrogen (secondary N) is 1. The molecule has 0 saturated carbocycles. The van der Waals surface area contributed by atoms with Crippen molar-refractivity contribution in [2.75, 3.05) is 0 Å². The van der Waals surface area contributed by atoms with Crippen LogP contribution in [0.25, 0.3) is 0 Å². The van der Waals surface area contributed by atoms with Gasteiger partial charge >= 0.3 is 0 Å². The van der Waals surface area contributed by atoms with Crippen LogP contribution < -0.4 is 5.32 Å². The van der Waals surface area contributed by atoms with Gasteiger partial charge in [0, 0.05) is 19.6 Å². The lowest BCUT2D eigenvalue weighted by Crippen LogP contribution is -2.20. The first-order chi connectivity index (χ1) is 9.54. The zero-order valence-electron chi connectivity index (χ0n) is 12.6. The topological polar surface area (TPSA) is 29.9 Å². The van der Waals surface area contributed by atoms with E-state index in [0.717, 1.165) is 23.1 Å². The summed E-state index contributed by atoms with van der Waals surface area (Å²) in [6, 6.07) is 8.83. The molecule has 4 heteroatoms. The van der Waals surface area contributed by atoms with Crippen molar-refractivity contribution in [3.63, 3.8) is 0 Å². The van der Waals surface area contributed by atoms with E-state index in [4.69, 9.17) is 0 Å². The average molecular weight is 336 g/mol. The Kier molecular flexibility index (Phi) is 5.00. The first-order valence-electron chi connectivity index (χ1n) is 7.03. The quantitative estimate of drug-likeness (QED) is 0.897. The van der Waals surface area contributed by atoms with Gasteiger partial charge in [-0.1, -0.05) is 31.2 Å². The summed E-state index contributed by atoms with van der Waals surface area (Å²) in [6.07, 6.45) is 0.946. The van der Waals surface area contributed by atoms with Gasteiger partial charge < -0.3 is 5.32 Å². The van der Waals surface area contributed by atoms with Crippen LogP contribution in [0.2, 0.25) is 0 Å². The van der Waals surface area contributed by atoms with E-state index in [1.54, 1.807) is 0 Å². The van der Waals surface area contributed by atoms with Crippen LogP contribution in [0.1, 0.15) is 42.4 Å². The average Bonchev–Trinajstić information content (AvgIpc) is 2.71. The highest BCUT2D eigenvalue weighted by atomic mass is 79.9. The van der Waals surface area contributed by atoms with Crippen LogP contribution in [0.15, 0.2) is 28.7 Å². The number of aryl methyl sites for hydroxylation is 3. The van der Waals surface area contributed by atoms with E-state index in [1.165, 1.54) is 16.8 Å². The van der Waals surface area contributed by atoms with Gasteiger partial charge in [0.05, 0.1) is 15.9 Å². The van der Waals surface area contributed by atoms with E-state index < -0.39 is 0 Å². The lowest BCUT2D eigenvalue weighted by Gasteiger charge is -2.16. The minimum absolute atomic E-state index is 0.322. The van der Waals surface area contributed by atoms with Crippen molar-refractivity contribution in [2.45, 2.75) is 39.8 Å². The van der Waals surface area contributed by atoms with Crippen molar-refractivity contribution in [3.8, 4) is 0 Å². The largest absolute Gasteiger partial charge is 0.305 e. The summed E-state index contributed by atoms with van der Waals surface area (Å²) >= 11 is 3.66. The van der Waals surface area contributed by atoms with Crippen LogP contribution in [-0.4, -0.2) is 9.78 Å². The van der Waals surface area contributed by atoms with Gasteiger partial charge in [-0.3, -0.25) is 4.68 Å². The second kappa shape index (κ2) is 6.55. The molecule has 1 atom stereocenters. The number of hydrogen-bond donors (Lipinski definition) is 1. The smallest absolute Gasteiger partial charge is 0.0767 e. The van der Waals surface area contributed by atoms with Crippen LogP contribution in [0.3, 0.4) is 0 Å². The van der Waals surface area contributed by atoms with Gasteiger partial charge in [0.25, 0.3) is 0 Å². The molecule has 0 fully saturated rings. The van der Waals surface area contributed by atoms with Gasteiger partial charge in [-0.2, -0.15) is 5.10 Å². The van der Waals surface area contributed by atoms with Gasteiger partial charge in [-0.15, -0.1) is 0 Å². The Labute approximate surface area is 129 Å². The number of rotatable bonds is 5. The highest BCUT2D eigenvalue weighted by Gasteiger charge is 2.14. The summed E-state index contributed by atoms with van der Waals surface area (Å²) in [5.41, 5.74) is 4.99. The van der Waals surface area contributed by atoms with Gasteiger partial charge in [0.15, 0.2) is 0 Å². The monoisotopic (exact) mass is 335 g/mol. The zero-order valence-corrected chi connectivity index (χ0v) is 14.2. The van der Waals surface area contributed by atoms with Crippen molar-refractivity contribution >= 4 is 15.9 Å². The number of benzene rings is 1. The maximum Gasteiger partial charge on any atom is 0.0767 e. The standard InChI is InChI=1S/C16H22BrN3/c1-5-14-16(17)15(20(4)19-14)10-18-12(3)13-9-7-6-8-11(13)2/h6-9,12,18H,5,10H2,1-4H3/t12-/m0/s1. The minimum atomic E-state index is 0.322. The lowest BCUT2D eigenvalue weighted by atomic mass is 10.0. The van der Waals surface area contributed by atoms with Crippen LogP contribution >= 0.6 is 15.9 Å². The molecule has 0 unspecified atom stereocenters. The van der Waals surface area contributed by atoms with Crippen LogP contribution in [0.5, 0.6) is 0 Å². The summed E-state index contributed by atoms with van der Waals surface area (Å²) < 4.78 is 3.09. The number of aromatic nitrogens is 2. The Balaban J connectivity index is 2.09. The molecule has 0 radical (unpaired) electrons. The predicted octanol–water partition coefficient (Wildman–Crippen LogP) is 3.90. The molecule has 0 amide bonds. The molecule has 1 N–H and O–H groups in total. The van der Waals surface area contributed by atoms with E-state index in [2.05, 4.69) is 71.4 Å². The Hall–Kier alpha value is -1.13. The van der Waals surface area contributed by atoms with Crippen LogP contribution in [0.4, 0.5) is 0 Å². The molecule has 0 aliphatic heterocycles. The number of halogens is 1. The van der Waals surface area contributed by atoms with Crippen LogP contribution in [-0.2, 0) is 20.0 Å². The normalized spacial score (nSPS) is 12.7. The summed E-state index contributed by atoms with van der Waals surface area (Å²) in [6.45, 7) is 7.29. The van der Waals surface area contributed by atoms with Crippen molar-refractivity contribution in [2.24, 2.45) is 7.05 Å². The Morgan fingerprint density at radius 3 is 2.65 bits per heavy atom. The molecule has 0 saturated heterocycles. The van der Waals surface area contributed by atoms with E-state index in [9.17, 15) is 0 Å².